The number of pyridine rings is 1. The molecular weight excluding hydrogens is 454 g/mol. The second kappa shape index (κ2) is 7.78. The van der Waals surface area contributed by atoms with Crippen molar-refractivity contribution in [3.63, 3.8) is 0 Å². The highest BCUT2D eigenvalue weighted by atomic mass is 32.2. The highest BCUT2D eigenvalue weighted by molar-refractivity contribution is 7.93. The van der Waals surface area contributed by atoms with Crippen LogP contribution in [0.1, 0.15) is 74.5 Å². The van der Waals surface area contributed by atoms with Gasteiger partial charge in [-0.1, -0.05) is 19.0 Å². The van der Waals surface area contributed by atoms with Gasteiger partial charge in [-0.3, -0.25) is 9.69 Å². The quantitative estimate of drug-likeness (QED) is 0.586. The van der Waals surface area contributed by atoms with Gasteiger partial charge in [0.1, 0.15) is 16.4 Å². The van der Waals surface area contributed by atoms with Crippen LogP contribution in [0.15, 0.2) is 33.8 Å². The zero-order valence-electron chi connectivity index (χ0n) is 19.5. The molecule has 182 valence electrons. The molecule has 9 nitrogen and oxygen atoms in total. The lowest BCUT2D eigenvalue weighted by Crippen LogP contribution is -2.84. The predicted molar refractivity (Wildman–Crippen MR) is 125 cm³/mol. The third-order valence-corrected chi connectivity index (χ3v) is 10.2. The molecule has 2 N–H and O–H groups in total. The summed E-state index contributed by atoms with van der Waals surface area (Å²) in [6, 6.07) is 5.54. The molecular formula is C24H31N5O4S. The van der Waals surface area contributed by atoms with Gasteiger partial charge in [-0.2, -0.15) is 0 Å². The highest BCUT2D eigenvalue weighted by Crippen LogP contribution is 2.60. The number of carbonyl (C=O) groups is 1. The van der Waals surface area contributed by atoms with Crippen LogP contribution in [0.5, 0.6) is 0 Å². The molecule has 0 spiro atoms. The van der Waals surface area contributed by atoms with Crippen LogP contribution < -0.4 is 10.6 Å². The van der Waals surface area contributed by atoms with E-state index in [9.17, 15) is 13.2 Å². The average molecular weight is 486 g/mol. The number of anilines is 1. The first-order valence-corrected chi connectivity index (χ1v) is 13.8. The first-order chi connectivity index (χ1) is 16.3. The molecule has 2 aromatic heterocycles. The Balaban J connectivity index is 1.09. The number of hydrogen-bond acceptors (Lipinski definition) is 8. The van der Waals surface area contributed by atoms with Crippen LogP contribution in [-0.2, 0) is 9.84 Å². The molecule has 0 radical (unpaired) electrons. The van der Waals surface area contributed by atoms with E-state index >= 15 is 0 Å². The summed E-state index contributed by atoms with van der Waals surface area (Å²) in [7, 11) is -3.51. The lowest BCUT2D eigenvalue weighted by molar-refractivity contribution is -0.176. The van der Waals surface area contributed by atoms with Crippen molar-refractivity contribution in [2.75, 3.05) is 11.9 Å². The predicted octanol–water partition coefficient (Wildman–Crippen LogP) is 2.92. The molecule has 2 atom stereocenters. The van der Waals surface area contributed by atoms with Gasteiger partial charge >= 0.3 is 0 Å². The number of nitrogens with zero attached hydrogens (tertiary/aromatic N) is 3. The summed E-state index contributed by atoms with van der Waals surface area (Å²) in [4.78, 5) is 18.6. The Morgan fingerprint density at radius 2 is 1.97 bits per heavy atom. The van der Waals surface area contributed by atoms with Crippen molar-refractivity contribution in [3.8, 4) is 0 Å². The van der Waals surface area contributed by atoms with Crippen molar-refractivity contribution in [1.29, 1.82) is 0 Å². The van der Waals surface area contributed by atoms with Gasteiger partial charge in [0, 0.05) is 42.9 Å². The van der Waals surface area contributed by atoms with Gasteiger partial charge < -0.3 is 15.2 Å². The number of aromatic nitrogens is 2. The Morgan fingerprint density at radius 1 is 1.24 bits per heavy atom. The van der Waals surface area contributed by atoms with Crippen molar-refractivity contribution >= 4 is 21.6 Å². The first kappa shape index (κ1) is 22.0. The van der Waals surface area contributed by atoms with E-state index in [1.165, 1.54) is 6.20 Å². The van der Waals surface area contributed by atoms with Gasteiger partial charge in [-0.25, -0.2) is 13.4 Å². The first-order valence-electron chi connectivity index (χ1n) is 12.3. The minimum Gasteiger partial charge on any atom is -0.370 e. The van der Waals surface area contributed by atoms with Crippen LogP contribution in [-0.4, -0.2) is 58.9 Å². The molecule has 5 heterocycles. The van der Waals surface area contributed by atoms with Crippen LogP contribution in [0.2, 0.25) is 0 Å². The maximum absolute atomic E-state index is 13.5. The zero-order valence-corrected chi connectivity index (χ0v) is 20.3. The molecule has 2 aromatic rings. The maximum atomic E-state index is 13.5. The lowest BCUT2D eigenvalue weighted by Gasteiger charge is -2.72. The van der Waals surface area contributed by atoms with Crippen molar-refractivity contribution < 1.29 is 17.7 Å². The zero-order chi connectivity index (χ0) is 23.7. The maximum Gasteiger partial charge on any atom is 0.273 e. The lowest BCUT2D eigenvalue weighted by atomic mass is 9.67. The molecule has 1 saturated carbocycles. The molecule has 4 fully saturated rings. The second-order valence-corrected chi connectivity index (χ2v) is 13.0. The van der Waals surface area contributed by atoms with E-state index in [1.54, 1.807) is 18.2 Å². The van der Waals surface area contributed by atoms with E-state index in [-0.39, 0.29) is 28.9 Å². The van der Waals surface area contributed by atoms with Crippen LogP contribution in [0.3, 0.4) is 0 Å². The minimum atomic E-state index is -3.51. The van der Waals surface area contributed by atoms with Gasteiger partial charge in [0.15, 0.2) is 15.5 Å². The van der Waals surface area contributed by atoms with E-state index in [4.69, 9.17) is 4.52 Å². The smallest absolute Gasteiger partial charge is 0.273 e. The van der Waals surface area contributed by atoms with Crippen molar-refractivity contribution in [2.45, 2.75) is 86.2 Å². The van der Waals surface area contributed by atoms with E-state index < -0.39 is 14.7 Å². The summed E-state index contributed by atoms with van der Waals surface area (Å²) < 4.78 is 32.4. The molecule has 1 aliphatic carbocycles. The number of piperidine rings is 2. The van der Waals surface area contributed by atoms with Gasteiger partial charge in [0.25, 0.3) is 5.91 Å². The molecule has 0 bridgehead atoms. The number of carbonyl (C=O) groups excluding carboxylic acids is 1. The monoisotopic (exact) mass is 485 g/mol. The normalized spacial score (nSPS) is 30.3. The molecule has 6 rings (SSSR count). The SMILES string of the molecule is CC(C)CNc1ccc(S(=O)(=O)C23CC4CC(NC(=O)c5cc(C6CC6)on5)CC(C2)N43)cn1. The summed E-state index contributed by atoms with van der Waals surface area (Å²) >= 11 is 0. The van der Waals surface area contributed by atoms with Crippen molar-refractivity contribution in [3.05, 3.63) is 35.9 Å². The molecule has 34 heavy (non-hydrogen) atoms. The van der Waals surface area contributed by atoms with Crippen molar-refractivity contribution in [2.24, 2.45) is 5.92 Å². The van der Waals surface area contributed by atoms with Gasteiger partial charge in [0.2, 0.25) is 0 Å². The Kier molecular flexibility index (Phi) is 5.04. The Bertz CT molecular complexity index is 1190. The van der Waals surface area contributed by atoms with E-state index in [2.05, 4.69) is 39.5 Å². The minimum absolute atomic E-state index is 0.0220. The highest BCUT2D eigenvalue weighted by Gasteiger charge is 2.71. The van der Waals surface area contributed by atoms with Gasteiger partial charge in [0.05, 0.1) is 4.90 Å². The molecule has 4 aliphatic rings. The summed E-state index contributed by atoms with van der Waals surface area (Å²) in [6.45, 7) is 5.01. The summed E-state index contributed by atoms with van der Waals surface area (Å²) in [5.41, 5.74) is 0.335. The Labute approximate surface area is 199 Å². The van der Waals surface area contributed by atoms with Gasteiger partial charge in [-0.15, -0.1) is 0 Å². The summed E-state index contributed by atoms with van der Waals surface area (Å²) in [5, 5.41) is 10.3. The molecule has 3 aliphatic heterocycles. The third-order valence-electron chi connectivity index (χ3n) is 7.79. The van der Waals surface area contributed by atoms with Crippen LogP contribution >= 0.6 is 0 Å². The molecule has 10 heteroatoms. The fourth-order valence-electron chi connectivity index (χ4n) is 5.98. The molecule has 1 amide bonds. The summed E-state index contributed by atoms with van der Waals surface area (Å²) in [5.74, 6) is 2.18. The van der Waals surface area contributed by atoms with E-state index in [0.717, 1.165) is 38.0 Å². The number of amides is 1. The van der Waals surface area contributed by atoms with Crippen molar-refractivity contribution in [1.82, 2.24) is 20.4 Å². The van der Waals surface area contributed by atoms with Crippen LogP contribution in [0, 0.1) is 5.92 Å². The average Bonchev–Trinajstić information content (AvgIpc) is 3.50. The molecule has 3 saturated heterocycles. The Hall–Kier alpha value is -2.46. The van der Waals surface area contributed by atoms with Gasteiger partial charge in [-0.05, 0) is 56.6 Å². The molecule has 0 aromatic carbocycles. The number of hydrogen-bond donors (Lipinski definition) is 2. The fourth-order valence-corrected chi connectivity index (χ4v) is 8.25. The summed E-state index contributed by atoms with van der Waals surface area (Å²) in [6.07, 6.45) is 6.37. The largest absolute Gasteiger partial charge is 0.370 e. The van der Waals surface area contributed by atoms with E-state index in [0.29, 0.717) is 36.2 Å². The number of sulfone groups is 1. The number of nitrogens with one attached hydrogen (secondary N) is 2. The van der Waals surface area contributed by atoms with Crippen LogP contribution in [0.25, 0.3) is 0 Å². The standard InChI is InChI=1S/C24H31N5O4S/c1-14(2)12-25-22-6-5-19(13-26-22)34(31,32)24-10-17-7-16(8-18(11-24)29(17)24)27-23(30)20-9-21(33-28-20)15-3-4-15/h5-6,9,13-18H,3-4,7-8,10-12H2,1-2H3,(H,25,26)(H,27,30). The fraction of sp³-hybridized carbons (Fsp3) is 0.625. The molecule has 2 unspecified atom stereocenters. The second-order valence-electron chi connectivity index (χ2n) is 10.8. The Morgan fingerprint density at radius 3 is 2.59 bits per heavy atom. The van der Waals surface area contributed by atoms with Crippen LogP contribution in [0.4, 0.5) is 5.82 Å². The number of rotatable bonds is 8. The third kappa shape index (κ3) is 3.45. The van der Waals surface area contributed by atoms with E-state index in [1.807, 2.05) is 0 Å². The topological polar surface area (TPSA) is 117 Å².